The largest absolute Gasteiger partial charge is 0.454 e. The van der Waals surface area contributed by atoms with Crippen molar-refractivity contribution < 1.29 is 23.0 Å². The van der Waals surface area contributed by atoms with Gasteiger partial charge in [-0.1, -0.05) is 12.2 Å². The summed E-state index contributed by atoms with van der Waals surface area (Å²) < 4.78 is 39.8. The van der Waals surface area contributed by atoms with Crippen LogP contribution >= 0.6 is 0 Å². The first-order valence-electron chi connectivity index (χ1n) is 6.51. The summed E-state index contributed by atoms with van der Waals surface area (Å²) in [5.74, 6) is 0.983. The Balaban J connectivity index is 2.14. The highest BCUT2D eigenvalue weighted by Crippen LogP contribution is 2.38. The van der Waals surface area contributed by atoms with Gasteiger partial charge in [0.15, 0.2) is 17.5 Å². The van der Waals surface area contributed by atoms with Crippen molar-refractivity contribution in [1.29, 1.82) is 0 Å². The summed E-state index contributed by atoms with van der Waals surface area (Å²) in [7, 11) is 0. The molecule has 0 saturated carbocycles. The zero-order valence-electron chi connectivity index (χ0n) is 12.1. The zero-order chi connectivity index (χ0) is 16.1. The molecule has 3 N–H and O–H groups in total. The molecule has 0 aliphatic carbocycles. The lowest BCUT2D eigenvalue weighted by Crippen LogP contribution is -2.32. The number of rotatable bonds is 6. The van der Waals surface area contributed by atoms with Crippen LogP contribution in [0.15, 0.2) is 29.3 Å². The van der Waals surface area contributed by atoms with Crippen LogP contribution in [0.3, 0.4) is 0 Å². The number of benzene rings is 1. The standard InChI is InChI=1S/C14H17F2N3O3/c1-8(2)5-18-14(17)19-6-9-3-11-12(21-7-20-11)4-10(9)22-13(15)16/h3-4,13H,1,5-7H2,2H3,(H3,17,18,19). The molecule has 0 unspecified atom stereocenters. The van der Waals surface area contributed by atoms with Crippen molar-refractivity contribution in [2.24, 2.45) is 10.7 Å². The van der Waals surface area contributed by atoms with E-state index in [0.717, 1.165) is 5.57 Å². The molecule has 1 heterocycles. The Morgan fingerprint density at radius 3 is 2.77 bits per heavy atom. The number of nitrogens with two attached hydrogens (primary N) is 1. The third-order valence-electron chi connectivity index (χ3n) is 2.76. The molecule has 0 amide bonds. The lowest BCUT2D eigenvalue weighted by Gasteiger charge is -2.11. The van der Waals surface area contributed by atoms with E-state index in [0.29, 0.717) is 23.6 Å². The first-order chi connectivity index (χ1) is 10.5. The molecule has 120 valence electrons. The van der Waals surface area contributed by atoms with E-state index in [-0.39, 0.29) is 25.0 Å². The van der Waals surface area contributed by atoms with Crippen molar-refractivity contribution in [3.63, 3.8) is 0 Å². The molecule has 2 rings (SSSR count). The van der Waals surface area contributed by atoms with Gasteiger partial charge in [0.2, 0.25) is 6.79 Å². The third-order valence-corrected chi connectivity index (χ3v) is 2.76. The molecular formula is C14H17F2N3O3. The third kappa shape index (κ3) is 4.24. The molecule has 6 nitrogen and oxygen atoms in total. The van der Waals surface area contributed by atoms with Gasteiger partial charge in [0, 0.05) is 18.2 Å². The van der Waals surface area contributed by atoms with Gasteiger partial charge in [-0.2, -0.15) is 8.78 Å². The van der Waals surface area contributed by atoms with E-state index in [1.54, 1.807) is 6.07 Å². The fourth-order valence-corrected chi connectivity index (χ4v) is 1.76. The fraction of sp³-hybridized carbons (Fsp3) is 0.357. The maximum absolute atomic E-state index is 12.5. The first-order valence-corrected chi connectivity index (χ1v) is 6.51. The highest BCUT2D eigenvalue weighted by Gasteiger charge is 2.19. The number of aliphatic imine (C=N–C) groups is 1. The Morgan fingerprint density at radius 1 is 1.45 bits per heavy atom. The van der Waals surface area contributed by atoms with Gasteiger partial charge in [0.25, 0.3) is 0 Å². The van der Waals surface area contributed by atoms with E-state index in [9.17, 15) is 8.78 Å². The van der Waals surface area contributed by atoms with E-state index in [1.807, 2.05) is 6.92 Å². The summed E-state index contributed by atoms with van der Waals surface area (Å²) in [5, 5.41) is 2.85. The maximum atomic E-state index is 12.5. The molecule has 22 heavy (non-hydrogen) atoms. The molecule has 0 radical (unpaired) electrons. The fourth-order valence-electron chi connectivity index (χ4n) is 1.76. The van der Waals surface area contributed by atoms with Crippen LogP contribution in [0, 0.1) is 0 Å². The van der Waals surface area contributed by atoms with Gasteiger partial charge in [0.05, 0.1) is 6.54 Å². The average Bonchev–Trinajstić information content (AvgIpc) is 2.89. The number of hydrogen-bond acceptors (Lipinski definition) is 4. The van der Waals surface area contributed by atoms with Crippen LogP contribution in [0.25, 0.3) is 0 Å². The number of guanidine groups is 1. The van der Waals surface area contributed by atoms with E-state index in [1.165, 1.54) is 6.07 Å². The van der Waals surface area contributed by atoms with Gasteiger partial charge in [-0.25, -0.2) is 4.99 Å². The maximum Gasteiger partial charge on any atom is 0.387 e. The number of nitrogens with one attached hydrogen (secondary N) is 1. The second kappa shape index (κ2) is 6.97. The minimum Gasteiger partial charge on any atom is -0.454 e. The van der Waals surface area contributed by atoms with Crippen molar-refractivity contribution in [1.82, 2.24) is 5.32 Å². The minimum atomic E-state index is -2.94. The molecule has 0 fully saturated rings. The van der Waals surface area contributed by atoms with Crippen LogP contribution in [-0.2, 0) is 6.54 Å². The summed E-state index contributed by atoms with van der Waals surface area (Å²) in [6, 6.07) is 2.91. The highest BCUT2D eigenvalue weighted by molar-refractivity contribution is 5.78. The van der Waals surface area contributed by atoms with Crippen LogP contribution in [0.5, 0.6) is 17.2 Å². The van der Waals surface area contributed by atoms with Gasteiger partial charge in [-0.3, -0.25) is 0 Å². The molecule has 0 spiro atoms. The van der Waals surface area contributed by atoms with Gasteiger partial charge in [0.1, 0.15) is 5.75 Å². The molecule has 1 aliphatic rings. The number of ether oxygens (including phenoxy) is 3. The summed E-state index contributed by atoms with van der Waals surface area (Å²) in [4.78, 5) is 4.08. The van der Waals surface area contributed by atoms with Crippen LogP contribution in [0.1, 0.15) is 12.5 Å². The van der Waals surface area contributed by atoms with E-state index in [2.05, 4.69) is 21.6 Å². The molecule has 8 heteroatoms. The summed E-state index contributed by atoms with van der Waals surface area (Å²) in [6.07, 6.45) is 0. The quantitative estimate of drug-likeness (QED) is 0.477. The molecule has 1 aromatic carbocycles. The highest BCUT2D eigenvalue weighted by atomic mass is 19.3. The SMILES string of the molecule is C=C(C)CNC(N)=NCc1cc2c(cc1OC(F)F)OCO2. The lowest BCUT2D eigenvalue weighted by atomic mass is 10.1. The smallest absolute Gasteiger partial charge is 0.387 e. The van der Waals surface area contributed by atoms with Crippen LogP contribution in [-0.4, -0.2) is 25.9 Å². The van der Waals surface area contributed by atoms with Gasteiger partial charge < -0.3 is 25.3 Å². The summed E-state index contributed by atoms with van der Waals surface area (Å²) >= 11 is 0. The van der Waals surface area contributed by atoms with Crippen LogP contribution < -0.4 is 25.3 Å². The Bertz CT molecular complexity index is 591. The number of nitrogens with zero attached hydrogens (tertiary/aromatic N) is 1. The van der Waals surface area contributed by atoms with Crippen molar-refractivity contribution in [3.05, 3.63) is 29.8 Å². The Morgan fingerprint density at radius 2 is 2.14 bits per heavy atom. The topological polar surface area (TPSA) is 78.1 Å². The van der Waals surface area contributed by atoms with E-state index in [4.69, 9.17) is 15.2 Å². The van der Waals surface area contributed by atoms with Crippen LogP contribution in [0.4, 0.5) is 8.78 Å². The molecule has 0 atom stereocenters. The zero-order valence-corrected chi connectivity index (χ0v) is 12.1. The van der Waals surface area contributed by atoms with Crippen molar-refractivity contribution in [3.8, 4) is 17.2 Å². The second-order valence-corrected chi connectivity index (χ2v) is 4.70. The van der Waals surface area contributed by atoms with Crippen molar-refractivity contribution >= 4 is 5.96 Å². The minimum absolute atomic E-state index is 0.0179. The van der Waals surface area contributed by atoms with Crippen LogP contribution in [0.2, 0.25) is 0 Å². The first kappa shape index (κ1) is 15.9. The normalized spacial score (nSPS) is 13.4. The molecule has 1 aromatic rings. The average molecular weight is 313 g/mol. The number of fused-ring (bicyclic) bond motifs is 1. The van der Waals surface area contributed by atoms with Crippen molar-refractivity contribution in [2.45, 2.75) is 20.1 Å². The lowest BCUT2D eigenvalue weighted by molar-refractivity contribution is -0.0504. The molecule has 0 bridgehead atoms. The Labute approximate surface area is 126 Å². The molecule has 1 aliphatic heterocycles. The van der Waals surface area contributed by atoms with Crippen molar-refractivity contribution in [2.75, 3.05) is 13.3 Å². The number of halogens is 2. The number of alkyl halides is 2. The molecule has 0 aromatic heterocycles. The predicted molar refractivity (Wildman–Crippen MR) is 77.3 cm³/mol. The monoisotopic (exact) mass is 313 g/mol. The second-order valence-electron chi connectivity index (χ2n) is 4.70. The van der Waals surface area contributed by atoms with Gasteiger partial charge in [-0.05, 0) is 13.0 Å². The van der Waals surface area contributed by atoms with Gasteiger partial charge >= 0.3 is 6.61 Å². The van der Waals surface area contributed by atoms with E-state index < -0.39 is 6.61 Å². The predicted octanol–water partition coefficient (Wildman–Crippen LogP) is 2.00. The summed E-state index contributed by atoms with van der Waals surface area (Å²) in [5.41, 5.74) is 7.00. The van der Waals surface area contributed by atoms with Gasteiger partial charge in [-0.15, -0.1) is 0 Å². The Hall–Kier alpha value is -2.51. The molecule has 0 saturated heterocycles. The summed E-state index contributed by atoms with van der Waals surface area (Å²) in [6.45, 7) is 3.21. The molecular weight excluding hydrogens is 296 g/mol. The van der Waals surface area contributed by atoms with E-state index >= 15 is 0 Å². The Kier molecular flexibility index (Phi) is 5.03. The number of hydrogen-bond donors (Lipinski definition) is 2.